The average Bonchev–Trinajstić information content (AvgIpc) is 3.11. The van der Waals surface area contributed by atoms with Gasteiger partial charge in [-0.15, -0.1) is 11.3 Å². The fourth-order valence-corrected chi connectivity index (χ4v) is 4.76. The molecule has 0 spiro atoms. The van der Waals surface area contributed by atoms with Crippen LogP contribution in [-0.2, 0) is 4.79 Å². The molecule has 2 aromatic carbocycles. The molecular weight excluding hydrogens is 358 g/mol. The predicted octanol–water partition coefficient (Wildman–Crippen LogP) is 5.21. The lowest BCUT2D eigenvalue weighted by molar-refractivity contribution is -0.116. The number of amides is 1. The predicted molar refractivity (Wildman–Crippen MR) is 109 cm³/mol. The van der Waals surface area contributed by atoms with Crippen molar-refractivity contribution in [1.29, 1.82) is 0 Å². The quantitative estimate of drug-likeness (QED) is 0.676. The Labute approximate surface area is 162 Å². The molecule has 0 saturated heterocycles. The summed E-state index contributed by atoms with van der Waals surface area (Å²) in [5.74, 6) is 1.33. The molecule has 0 radical (unpaired) electrons. The number of anilines is 1. The number of carbonyl (C=O) groups is 1. The number of methoxy groups -OCH3 is 2. The van der Waals surface area contributed by atoms with E-state index in [1.807, 2.05) is 18.2 Å². The molecular formula is C22H21NO3S. The van der Waals surface area contributed by atoms with E-state index in [0.29, 0.717) is 17.9 Å². The Kier molecular flexibility index (Phi) is 4.62. The molecule has 1 N–H and O–H groups in total. The number of aryl methyl sites for hydroxylation is 1. The number of ether oxygens (including phenoxy) is 2. The minimum atomic E-state index is -0.0528. The van der Waals surface area contributed by atoms with E-state index in [0.717, 1.165) is 27.3 Å². The number of rotatable bonds is 4. The Morgan fingerprint density at radius 2 is 1.85 bits per heavy atom. The van der Waals surface area contributed by atoms with Gasteiger partial charge in [-0.1, -0.05) is 42.0 Å². The number of para-hydroxylation sites is 1. The van der Waals surface area contributed by atoms with Gasteiger partial charge < -0.3 is 14.8 Å². The second-order valence-corrected chi connectivity index (χ2v) is 7.55. The van der Waals surface area contributed by atoms with E-state index in [4.69, 9.17) is 9.47 Å². The van der Waals surface area contributed by atoms with Gasteiger partial charge in [0.1, 0.15) is 0 Å². The third-order valence-corrected chi connectivity index (χ3v) is 6.06. The Morgan fingerprint density at radius 3 is 2.56 bits per heavy atom. The van der Waals surface area contributed by atoms with Gasteiger partial charge in [0, 0.05) is 33.7 Å². The summed E-state index contributed by atoms with van der Waals surface area (Å²) in [6, 6.07) is 14.2. The number of fused-ring (bicyclic) bond motifs is 1. The maximum absolute atomic E-state index is 12.5. The van der Waals surface area contributed by atoms with Gasteiger partial charge in [0.2, 0.25) is 5.91 Å². The molecule has 1 aromatic heterocycles. The number of carbonyl (C=O) groups excluding carboxylic acids is 1. The zero-order valence-electron chi connectivity index (χ0n) is 15.5. The van der Waals surface area contributed by atoms with Gasteiger partial charge in [0.05, 0.1) is 19.9 Å². The summed E-state index contributed by atoms with van der Waals surface area (Å²) in [5, 5.41) is 5.21. The first-order valence-electron chi connectivity index (χ1n) is 8.81. The highest BCUT2D eigenvalue weighted by Gasteiger charge is 2.32. The van der Waals surface area contributed by atoms with Crippen LogP contribution < -0.4 is 14.8 Å². The van der Waals surface area contributed by atoms with Crippen molar-refractivity contribution in [3.63, 3.8) is 0 Å². The third kappa shape index (κ3) is 3.08. The first kappa shape index (κ1) is 17.6. The van der Waals surface area contributed by atoms with Gasteiger partial charge in [-0.25, -0.2) is 0 Å². The van der Waals surface area contributed by atoms with Crippen molar-refractivity contribution in [3.8, 4) is 22.6 Å². The highest BCUT2D eigenvalue weighted by molar-refractivity contribution is 7.11. The molecule has 27 heavy (non-hydrogen) atoms. The fourth-order valence-electron chi connectivity index (χ4n) is 3.61. The number of hydrogen-bond acceptors (Lipinski definition) is 4. The van der Waals surface area contributed by atoms with E-state index in [1.165, 1.54) is 5.56 Å². The fraction of sp³-hybridized carbons (Fsp3) is 0.227. The van der Waals surface area contributed by atoms with Crippen molar-refractivity contribution in [2.75, 3.05) is 19.5 Å². The van der Waals surface area contributed by atoms with E-state index < -0.39 is 0 Å². The average molecular weight is 379 g/mol. The van der Waals surface area contributed by atoms with Crippen LogP contribution in [0.3, 0.4) is 0 Å². The maximum atomic E-state index is 12.5. The third-order valence-electron chi connectivity index (χ3n) is 4.96. The molecule has 1 amide bonds. The summed E-state index contributed by atoms with van der Waals surface area (Å²) in [6.45, 7) is 2.07. The largest absolute Gasteiger partial charge is 0.493 e. The van der Waals surface area contributed by atoms with Gasteiger partial charge >= 0.3 is 0 Å². The number of benzene rings is 2. The highest BCUT2D eigenvalue weighted by atomic mass is 32.1. The van der Waals surface area contributed by atoms with Crippen molar-refractivity contribution >= 4 is 22.9 Å². The molecule has 5 heteroatoms. The number of thiophene rings is 1. The molecule has 4 rings (SSSR count). The highest BCUT2D eigenvalue weighted by Crippen LogP contribution is 2.49. The van der Waals surface area contributed by atoms with Crippen molar-refractivity contribution in [2.45, 2.75) is 19.3 Å². The van der Waals surface area contributed by atoms with Gasteiger partial charge in [0.25, 0.3) is 0 Å². The first-order chi connectivity index (χ1) is 13.1. The molecule has 0 fully saturated rings. The van der Waals surface area contributed by atoms with Gasteiger partial charge in [0.15, 0.2) is 11.5 Å². The smallest absolute Gasteiger partial charge is 0.225 e. The normalized spacial score (nSPS) is 15.8. The molecule has 138 valence electrons. The summed E-state index contributed by atoms with van der Waals surface area (Å²) >= 11 is 1.68. The maximum Gasteiger partial charge on any atom is 0.225 e. The van der Waals surface area contributed by atoms with Crippen LogP contribution in [0.4, 0.5) is 5.69 Å². The van der Waals surface area contributed by atoms with E-state index in [2.05, 4.69) is 41.9 Å². The van der Waals surface area contributed by atoms with E-state index in [1.54, 1.807) is 25.6 Å². The topological polar surface area (TPSA) is 47.6 Å². The van der Waals surface area contributed by atoms with Crippen LogP contribution in [0.1, 0.15) is 28.3 Å². The van der Waals surface area contributed by atoms with Gasteiger partial charge in [-0.3, -0.25) is 4.79 Å². The van der Waals surface area contributed by atoms with Crippen LogP contribution in [0.5, 0.6) is 11.5 Å². The van der Waals surface area contributed by atoms with Gasteiger partial charge in [-0.05, 0) is 18.6 Å². The molecule has 1 atom stereocenters. The first-order valence-corrected chi connectivity index (χ1v) is 9.69. The molecule has 1 aliphatic rings. The monoisotopic (exact) mass is 379 g/mol. The molecule has 0 bridgehead atoms. The van der Waals surface area contributed by atoms with Crippen LogP contribution in [-0.4, -0.2) is 20.1 Å². The van der Waals surface area contributed by atoms with Crippen molar-refractivity contribution in [3.05, 3.63) is 63.8 Å². The van der Waals surface area contributed by atoms with Crippen molar-refractivity contribution < 1.29 is 14.3 Å². The molecule has 0 unspecified atom stereocenters. The lowest BCUT2D eigenvalue weighted by atomic mass is 9.88. The Balaban J connectivity index is 1.84. The van der Waals surface area contributed by atoms with Crippen LogP contribution in [0, 0.1) is 6.92 Å². The van der Waals surface area contributed by atoms with E-state index in [-0.39, 0.29) is 11.8 Å². The van der Waals surface area contributed by atoms with Crippen LogP contribution in [0.2, 0.25) is 0 Å². The van der Waals surface area contributed by atoms with Crippen LogP contribution >= 0.6 is 11.3 Å². The van der Waals surface area contributed by atoms with Crippen molar-refractivity contribution in [1.82, 2.24) is 0 Å². The summed E-state index contributed by atoms with van der Waals surface area (Å²) in [7, 11) is 3.26. The van der Waals surface area contributed by atoms with Crippen LogP contribution in [0.25, 0.3) is 11.1 Å². The lowest BCUT2D eigenvalue weighted by Crippen LogP contribution is -2.22. The lowest BCUT2D eigenvalue weighted by Gasteiger charge is -2.25. The second-order valence-electron chi connectivity index (χ2n) is 6.64. The number of nitrogens with one attached hydrogen (secondary N) is 1. The molecule has 0 aliphatic carbocycles. The minimum Gasteiger partial charge on any atom is -0.493 e. The van der Waals surface area contributed by atoms with E-state index >= 15 is 0 Å². The van der Waals surface area contributed by atoms with Gasteiger partial charge in [-0.2, -0.15) is 0 Å². The summed E-state index contributed by atoms with van der Waals surface area (Å²) in [6.07, 6.45) is 0.393. The van der Waals surface area contributed by atoms with E-state index in [9.17, 15) is 4.79 Å². The Hall–Kier alpha value is -2.79. The molecule has 2 heterocycles. The molecule has 4 nitrogen and oxygen atoms in total. The Morgan fingerprint density at radius 1 is 1.07 bits per heavy atom. The standard InChI is InChI=1S/C22H21NO3S/c1-13-7-9-14(10-8-13)17-12-27-22-16(11-19(24)23-20(17)22)15-5-4-6-18(25-2)21(15)26-3/h4-10,12,16H,11H2,1-3H3,(H,23,24)/t16-/m0/s1. The zero-order chi connectivity index (χ0) is 19.0. The summed E-state index contributed by atoms with van der Waals surface area (Å²) < 4.78 is 11.1. The minimum absolute atomic E-state index is 0.0177. The molecule has 0 saturated carbocycles. The number of hydrogen-bond donors (Lipinski definition) is 1. The Bertz CT molecular complexity index is 991. The molecule has 1 aliphatic heterocycles. The second kappa shape index (κ2) is 7.08. The molecule has 3 aromatic rings. The van der Waals surface area contributed by atoms with Crippen LogP contribution in [0.15, 0.2) is 47.8 Å². The zero-order valence-corrected chi connectivity index (χ0v) is 16.4. The van der Waals surface area contributed by atoms with Crippen molar-refractivity contribution in [2.24, 2.45) is 0 Å². The summed E-state index contributed by atoms with van der Waals surface area (Å²) in [4.78, 5) is 13.7. The SMILES string of the molecule is COc1cccc([C@@H]2CC(=O)Nc3c(-c4ccc(C)cc4)csc32)c1OC. The summed E-state index contributed by atoms with van der Waals surface area (Å²) in [5.41, 5.74) is 5.28.